The second kappa shape index (κ2) is 9.22. The first-order valence-corrected chi connectivity index (χ1v) is 10.0. The van der Waals surface area contributed by atoms with Crippen molar-refractivity contribution in [3.63, 3.8) is 0 Å². The minimum Gasteiger partial charge on any atom is -0.375 e. The Kier molecular flexibility index (Phi) is 6.72. The maximum absolute atomic E-state index is 13.0. The van der Waals surface area contributed by atoms with Gasteiger partial charge in [0.15, 0.2) is 0 Å². The first kappa shape index (κ1) is 19.7. The highest BCUT2D eigenvalue weighted by atomic mass is 16.5. The van der Waals surface area contributed by atoms with E-state index in [2.05, 4.69) is 36.1 Å². The van der Waals surface area contributed by atoms with Crippen LogP contribution >= 0.6 is 0 Å². The average Bonchev–Trinajstić information content (AvgIpc) is 2.73. The molecule has 6 nitrogen and oxygen atoms in total. The maximum Gasteiger partial charge on any atom is 0.248 e. The number of piperidine rings is 1. The zero-order chi connectivity index (χ0) is 19.2. The average molecular weight is 373 g/mol. The zero-order valence-corrected chi connectivity index (χ0v) is 16.5. The molecule has 0 radical (unpaired) electrons. The number of piperazine rings is 1. The number of ether oxygens (including phenoxy) is 1. The smallest absolute Gasteiger partial charge is 0.248 e. The molecule has 3 rings (SSSR count). The molecule has 0 unspecified atom stereocenters. The number of carbonyl (C=O) groups excluding carboxylic acids is 2. The highest BCUT2D eigenvalue weighted by Crippen LogP contribution is 2.24. The van der Waals surface area contributed by atoms with Crippen molar-refractivity contribution in [3.05, 3.63) is 29.8 Å². The normalized spacial score (nSPS) is 20.7. The summed E-state index contributed by atoms with van der Waals surface area (Å²) in [7, 11) is 1.53. The fraction of sp³-hybridized carbons (Fsp3) is 0.619. The minimum atomic E-state index is -0.0750. The summed E-state index contributed by atoms with van der Waals surface area (Å²) in [5.41, 5.74) is 2.65. The molecular formula is C21H31N3O3. The number of aryl methyl sites for hydroxylation is 1. The molecule has 0 aromatic heterocycles. The number of para-hydroxylation sites is 1. The quantitative estimate of drug-likeness (QED) is 0.790. The van der Waals surface area contributed by atoms with Crippen LogP contribution in [-0.4, -0.2) is 74.6 Å². The van der Waals surface area contributed by atoms with Gasteiger partial charge in [0, 0.05) is 52.1 Å². The van der Waals surface area contributed by atoms with E-state index in [4.69, 9.17) is 4.74 Å². The van der Waals surface area contributed by atoms with Gasteiger partial charge in [-0.3, -0.25) is 9.59 Å². The Morgan fingerprint density at radius 2 is 1.81 bits per heavy atom. The molecule has 1 aromatic rings. The summed E-state index contributed by atoms with van der Waals surface area (Å²) >= 11 is 0. The number of hydrogen-bond donors (Lipinski definition) is 0. The van der Waals surface area contributed by atoms with Gasteiger partial charge in [-0.1, -0.05) is 25.1 Å². The Morgan fingerprint density at radius 1 is 1.07 bits per heavy atom. The summed E-state index contributed by atoms with van der Waals surface area (Å²) in [5.74, 6) is 0.110. The van der Waals surface area contributed by atoms with Crippen molar-refractivity contribution in [3.8, 4) is 0 Å². The van der Waals surface area contributed by atoms with E-state index < -0.39 is 0 Å². The lowest BCUT2D eigenvalue weighted by Gasteiger charge is -2.40. The monoisotopic (exact) mass is 373 g/mol. The summed E-state index contributed by atoms with van der Waals surface area (Å²) in [5, 5.41) is 0. The predicted molar refractivity (Wildman–Crippen MR) is 106 cm³/mol. The first-order chi connectivity index (χ1) is 13.1. The van der Waals surface area contributed by atoms with Crippen LogP contribution < -0.4 is 4.90 Å². The SMILES string of the molecule is CCc1ccccc1N1CCN(C(=O)[C@H]2CCCN(C(=O)COC)C2)CC1. The van der Waals surface area contributed by atoms with Gasteiger partial charge in [-0.2, -0.15) is 0 Å². The van der Waals surface area contributed by atoms with Gasteiger partial charge in [-0.25, -0.2) is 0 Å². The van der Waals surface area contributed by atoms with E-state index in [1.54, 1.807) is 4.90 Å². The van der Waals surface area contributed by atoms with Crippen LogP contribution in [0, 0.1) is 5.92 Å². The lowest BCUT2D eigenvalue weighted by molar-refractivity contribution is -0.142. The third kappa shape index (κ3) is 4.61. The zero-order valence-electron chi connectivity index (χ0n) is 16.5. The molecule has 0 bridgehead atoms. The Morgan fingerprint density at radius 3 is 2.52 bits per heavy atom. The van der Waals surface area contributed by atoms with Gasteiger partial charge in [0.05, 0.1) is 5.92 Å². The van der Waals surface area contributed by atoms with Crippen molar-refractivity contribution in [2.24, 2.45) is 5.92 Å². The van der Waals surface area contributed by atoms with Crippen LogP contribution in [0.5, 0.6) is 0 Å². The number of hydrogen-bond acceptors (Lipinski definition) is 4. The van der Waals surface area contributed by atoms with Crippen LogP contribution in [0.15, 0.2) is 24.3 Å². The molecule has 2 fully saturated rings. The molecule has 2 aliphatic rings. The summed E-state index contributed by atoms with van der Waals surface area (Å²) in [6.07, 6.45) is 2.77. The Bertz CT molecular complexity index is 656. The number of methoxy groups -OCH3 is 1. The van der Waals surface area contributed by atoms with Crippen molar-refractivity contribution < 1.29 is 14.3 Å². The highest BCUT2D eigenvalue weighted by molar-refractivity contribution is 5.82. The van der Waals surface area contributed by atoms with E-state index in [0.29, 0.717) is 6.54 Å². The van der Waals surface area contributed by atoms with Crippen LogP contribution in [0.2, 0.25) is 0 Å². The Labute approximate surface area is 162 Å². The summed E-state index contributed by atoms with van der Waals surface area (Å²) < 4.78 is 4.95. The van der Waals surface area contributed by atoms with Crippen LogP contribution in [0.4, 0.5) is 5.69 Å². The molecule has 2 heterocycles. The molecular weight excluding hydrogens is 342 g/mol. The van der Waals surface area contributed by atoms with E-state index in [-0.39, 0.29) is 24.3 Å². The second-order valence-corrected chi connectivity index (χ2v) is 7.41. The van der Waals surface area contributed by atoms with Crippen molar-refractivity contribution in [1.29, 1.82) is 0 Å². The molecule has 1 atom stereocenters. The molecule has 148 valence electrons. The first-order valence-electron chi connectivity index (χ1n) is 10.0. The fourth-order valence-electron chi connectivity index (χ4n) is 4.16. The van der Waals surface area contributed by atoms with Gasteiger partial charge in [-0.05, 0) is 30.9 Å². The number of likely N-dealkylation sites (tertiary alicyclic amines) is 1. The standard InChI is InChI=1S/C21H31N3O3/c1-3-17-7-4-5-9-19(17)22-11-13-23(14-12-22)21(26)18-8-6-10-24(15-18)20(25)16-27-2/h4-5,7,9,18H,3,6,8,10-16H2,1-2H3/t18-/m0/s1. The highest BCUT2D eigenvalue weighted by Gasteiger charge is 2.32. The van der Waals surface area contributed by atoms with Crippen LogP contribution in [-0.2, 0) is 20.7 Å². The lowest BCUT2D eigenvalue weighted by atomic mass is 9.96. The van der Waals surface area contributed by atoms with Crippen molar-refractivity contribution in [1.82, 2.24) is 9.80 Å². The van der Waals surface area contributed by atoms with Crippen LogP contribution in [0.25, 0.3) is 0 Å². The molecule has 6 heteroatoms. The maximum atomic E-state index is 13.0. The molecule has 27 heavy (non-hydrogen) atoms. The van der Waals surface area contributed by atoms with E-state index in [9.17, 15) is 9.59 Å². The largest absolute Gasteiger partial charge is 0.375 e. The number of amides is 2. The third-order valence-electron chi connectivity index (χ3n) is 5.70. The van der Waals surface area contributed by atoms with E-state index in [0.717, 1.165) is 52.0 Å². The van der Waals surface area contributed by atoms with Gasteiger partial charge in [-0.15, -0.1) is 0 Å². The molecule has 2 amide bonds. The van der Waals surface area contributed by atoms with E-state index in [1.165, 1.54) is 18.4 Å². The van der Waals surface area contributed by atoms with Crippen LogP contribution in [0.1, 0.15) is 25.3 Å². The van der Waals surface area contributed by atoms with Gasteiger partial charge >= 0.3 is 0 Å². The molecule has 2 saturated heterocycles. The van der Waals surface area contributed by atoms with Crippen LogP contribution in [0.3, 0.4) is 0 Å². The van der Waals surface area contributed by atoms with E-state index in [1.807, 2.05) is 4.90 Å². The number of nitrogens with zero attached hydrogens (tertiary/aromatic N) is 3. The molecule has 2 aliphatic heterocycles. The van der Waals surface area contributed by atoms with Crippen molar-refractivity contribution in [2.75, 3.05) is 57.9 Å². The summed E-state index contributed by atoms with van der Waals surface area (Å²) in [6, 6.07) is 8.53. The number of carbonyl (C=O) groups is 2. The number of anilines is 1. The minimum absolute atomic E-state index is 0.0176. The lowest BCUT2D eigenvalue weighted by Crippen LogP contribution is -2.53. The number of rotatable bonds is 5. The fourth-order valence-corrected chi connectivity index (χ4v) is 4.16. The van der Waals surface area contributed by atoms with Gasteiger partial charge < -0.3 is 19.4 Å². The van der Waals surface area contributed by atoms with Gasteiger partial charge in [0.1, 0.15) is 6.61 Å². The van der Waals surface area contributed by atoms with E-state index >= 15 is 0 Å². The third-order valence-corrected chi connectivity index (χ3v) is 5.70. The van der Waals surface area contributed by atoms with Gasteiger partial charge in [0.25, 0.3) is 0 Å². The second-order valence-electron chi connectivity index (χ2n) is 7.41. The topological polar surface area (TPSA) is 53.1 Å². The van der Waals surface area contributed by atoms with Crippen molar-refractivity contribution in [2.45, 2.75) is 26.2 Å². The van der Waals surface area contributed by atoms with Crippen molar-refractivity contribution >= 4 is 17.5 Å². The molecule has 0 spiro atoms. The Hall–Kier alpha value is -2.08. The predicted octanol–water partition coefficient (Wildman–Crippen LogP) is 1.78. The summed E-state index contributed by atoms with van der Waals surface area (Å²) in [4.78, 5) is 31.2. The molecule has 0 aliphatic carbocycles. The summed E-state index contributed by atoms with van der Waals surface area (Å²) in [6.45, 7) is 6.75. The number of benzene rings is 1. The molecule has 1 aromatic carbocycles. The van der Waals surface area contributed by atoms with Gasteiger partial charge in [0.2, 0.25) is 11.8 Å². The molecule has 0 N–H and O–H groups in total. The molecule has 0 saturated carbocycles. The Balaban J connectivity index is 1.56.